The van der Waals surface area contributed by atoms with E-state index in [9.17, 15) is 9.59 Å². The summed E-state index contributed by atoms with van der Waals surface area (Å²) in [5.74, 6) is 0.135. The van der Waals surface area contributed by atoms with Crippen molar-refractivity contribution >= 4 is 34.8 Å². The average Bonchev–Trinajstić information content (AvgIpc) is 2.87. The normalized spacial score (nSPS) is 11.3. The predicted molar refractivity (Wildman–Crippen MR) is 144 cm³/mol. The summed E-state index contributed by atoms with van der Waals surface area (Å²) < 4.78 is 5.69. The Labute approximate surface area is 212 Å². The maximum absolute atomic E-state index is 12.9. The smallest absolute Gasteiger partial charge is 0.257 e. The van der Waals surface area contributed by atoms with Crippen LogP contribution in [0.1, 0.15) is 65.4 Å². The number of hydrogen-bond donors (Lipinski definition) is 3. The van der Waals surface area contributed by atoms with Gasteiger partial charge in [0.25, 0.3) is 11.8 Å². The molecule has 1 atom stereocenters. The van der Waals surface area contributed by atoms with E-state index in [1.54, 1.807) is 48.5 Å². The molecule has 2 amide bonds. The number of amides is 2. The lowest BCUT2D eigenvalue weighted by Gasteiger charge is -2.17. The van der Waals surface area contributed by atoms with E-state index in [2.05, 4.69) is 22.9 Å². The maximum atomic E-state index is 12.9. The quantitative estimate of drug-likeness (QED) is 0.245. The summed E-state index contributed by atoms with van der Waals surface area (Å²) in [4.78, 5) is 25.5. The number of rotatable bonds is 10. The second kappa shape index (κ2) is 13.2. The minimum absolute atomic E-state index is 0.103. The number of anilines is 1. The molecule has 0 saturated carbocycles. The molecule has 0 aliphatic carbocycles. The first-order valence-corrected chi connectivity index (χ1v) is 12.2. The molecule has 0 heterocycles. The van der Waals surface area contributed by atoms with Gasteiger partial charge in [-0.1, -0.05) is 62.2 Å². The van der Waals surface area contributed by atoms with E-state index in [0.717, 1.165) is 30.6 Å². The molecule has 3 aromatic carbocycles. The molecule has 6 nitrogen and oxygen atoms in total. The highest BCUT2D eigenvalue weighted by molar-refractivity contribution is 7.80. The Kier molecular flexibility index (Phi) is 9.80. The minimum Gasteiger partial charge on any atom is -0.494 e. The van der Waals surface area contributed by atoms with Crippen molar-refractivity contribution in [3.8, 4) is 5.75 Å². The van der Waals surface area contributed by atoms with Crippen LogP contribution in [0.4, 0.5) is 5.69 Å². The molecule has 0 bridgehead atoms. The lowest BCUT2D eigenvalue weighted by atomic mass is 10.1. The summed E-state index contributed by atoms with van der Waals surface area (Å²) in [6, 6.07) is 23.5. The highest BCUT2D eigenvalue weighted by atomic mass is 32.1. The van der Waals surface area contributed by atoms with E-state index >= 15 is 0 Å². The van der Waals surface area contributed by atoms with Crippen LogP contribution in [0.5, 0.6) is 5.75 Å². The molecule has 182 valence electrons. The number of benzene rings is 3. The van der Waals surface area contributed by atoms with E-state index < -0.39 is 0 Å². The average molecular weight is 490 g/mol. The zero-order valence-electron chi connectivity index (χ0n) is 20.0. The van der Waals surface area contributed by atoms with Crippen molar-refractivity contribution in [3.05, 3.63) is 95.6 Å². The molecule has 1 unspecified atom stereocenters. The largest absolute Gasteiger partial charge is 0.494 e. The van der Waals surface area contributed by atoms with Crippen LogP contribution in [0, 0.1) is 0 Å². The number of thiocarbonyl (C=S) groups is 1. The Hall–Kier alpha value is -3.71. The van der Waals surface area contributed by atoms with Gasteiger partial charge in [-0.25, -0.2) is 0 Å². The molecular formula is C28H31N3O3S. The molecule has 0 fully saturated rings. The van der Waals surface area contributed by atoms with Crippen LogP contribution in [-0.4, -0.2) is 23.5 Å². The van der Waals surface area contributed by atoms with Gasteiger partial charge in [-0.15, -0.1) is 0 Å². The van der Waals surface area contributed by atoms with E-state index in [4.69, 9.17) is 17.0 Å². The van der Waals surface area contributed by atoms with Crippen molar-refractivity contribution in [2.24, 2.45) is 0 Å². The third-order valence-corrected chi connectivity index (χ3v) is 5.63. The summed E-state index contributed by atoms with van der Waals surface area (Å²) in [5, 5.41) is 8.74. The van der Waals surface area contributed by atoms with Gasteiger partial charge >= 0.3 is 0 Å². The topological polar surface area (TPSA) is 79.5 Å². The maximum Gasteiger partial charge on any atom is 0.257 e. The van der Waals surface area contributed by atoms with Gasteiger partial charge in [0.15, 0.2) is 5.11 Å². The highest BCUT2D eigenvalue weighted by Crippen LogP contribution is 2.18. The van der Waals surface area contributed by atoms with Crippen LogP contribution in [0.3, 0.4) is 0 Å². The van der Waals surface area contributed by atoms with Crippen molar-refractivity contribution in [1.29, 1.82) is 0 Å². The lowest BCUT2D eigenvalue weighted by molar-refractivity contribution is 0.0939. The molecule has 35 heavy (non-hydrogen) atoms. The van der Waals surface area contributed by atoms with Crippen molar-refractivity contribution in [3.63, 3.8) is 0 Å². The molecule has 0 aliphatic heterocycles. The number of unbranched alkanes of at least 4 members (excludes halogenated alkanes) is 2. The second-order valence-electron chi connectivity index (χ2n) is 8.14. The third-order valence-electron chi connectivity index (χ3n) is 5.43. The van der Waals surface area contributed by atoms with E-state index in [1.807, 2.05) is 37.3 Å². The van der Waals surface area contributed by atoms with Gasteiger partial charge in [-0.05, 0) is 67.5 Å². The molecular weight excluding hydrogens is 458 g/mol. The summed E-state index contributed by atoms with van der Waals surface area (Å²) >= 11 is 5.33. The van der Waals surface area contributed by atoms with Gasteiger partial charge in [0.05, 0.1) is 23.9 Å². The first-order valence-electron chi connectivity index (χ1n) is 11.8. The fraction of sp³-hybridized carbons (Fsp3) is 0.250. The van der Waals surface area contributed by atoms with Crippen LogP contribution >= 0.6 is 12.2 Å². The summed E-state index contributed by atoms with van der Waals surface area (Å²) in [6.45, 7) is 4.73. The van der Waals surface area contributed by atoms with Gasteiger partial charge in [0.2, 0.25) is 0 Å². The monoisotopic (exact) mass is 489 g/mol. The second-order valence-corrected chi connectivity index (χ2v) is 8.55. The van der Waals surface area contributed by atoms with Crippen molar-refractivity contribution < 1.29 is 14.3 Å². The molecule has 7 heteroatoms. The van der Waals surface area contributed by atoms with Crippen LogP contribution in [-0.2, 0) is 0 Å². The SMILES string of the molecule is CCCCCOc1ccc(C(=O)NC(=S)Nc2ccccc2C(=O)NC(C)c2ccccc2)cc1. The van der Waals surface area contributed by atoms with Crippen molar-refractivity contribution in [2.45, 2.75) is 39.2 Å². The Morgan fingerprint density at radius 2 is 1.57 bits per heavy atom. The number of ether oxygens (including phenoxy) is 1. The Balaban J connectivity index is 1.57. The Morgan fingerprint density at radius 3 is 2.29 bits per heavy atom. The number of carbonyl (C=O) groups is 2. The summed E-state index contributed by atoms with van der Waals surface area (Å²) in [5.41, 5.74) is 2.40. The molecule has 0 saturated heterocycles. The van der Waals surface area contributed by atoms with Gasteiger partial charge in [-0.3, -0.25) is 14.9 Å². The van der Waals surface area contributed by atoms with Crippen LogP contribution in [0.15, 0.2) is 78.9 Å². The first kappa shape index (κ1) is 25.9. The van der Waals surface area contributed by atoms with Gasteiger partial charge in [0.1, 0.15) is 5.75 Å². The van der Waals surface area contributed by atoms with Crippen LogP contribution in [0.25, 0.3) is 0 Å². The highest BCUT2D eigenvalue weighted by Gasteiger charge is 2.16. The molecule has 0 aromatic heterocycles. The Bertz CT molecular complexity index is 1130. The molecule has 3 aromatic rings. The molecule has 0 spiro atoms. The third kappa shape index (κ3) is 7.93. The van der Waals surface area contributed by atoms with Crippen molar-refractivity contribution in [1.82, 2.24) is 10.6 Å². The van der Waals surface area contributed by atoms with E-state index in [1.165, 1.54) is 0 Å². The Morgan fingerprint density at radius 1 is 0.886 bits per heavy atom. The fourth-order valence-corrected chi connectivity index (χ4v) is 3.67. The predicted octanol–water partition coefficient (Wildman–Crippen LogP) is 5.87. The van der Waals surface area contributed by atoms with Gasteiger partial charge < -0.3 is 15.4 Å². The van der Waals surface area contributed by atoms with Gasteiger partial charge in [0, 0.05) is 5.56 Å². The van der Waals surface area contributed by atoms with Crippen molar-refractivity contribution in [2.75, 3.05) is 11.9 Å². The van der Waals surface area contributed by atoms with E-state index in [0.29, 0.717) is 23.4 Å². The number of hydrogen-bond acceptors (Lipinski definition) is 4. The number of nitrogens with one attached hydrogen (secondary N) is 3. The zero-order valence-corrected chi connectivity index (χ0v) is 20.9. The number of para-hydroxylation sites is 1. The van der Waals surface area contributed by atoms with Crippen LogP contribution in [0.2, 0.25) is 0 Å². The first-order chi connectivity index (χ1) is 17.0. The number of carbonyl (C=O) groups excluding carboxylic acids is 2. The van der Waals surface area contributed by atoms with E-state index in [-0.39, 0.29) is 23.0 Å². The van der Waals surface area contributed by atoms with Gasteiger partial charge in [-0.2, -0.15) is 0 Å². The summed E-state index contributed by atoms with van der Waals surface area (Å²) in [6.07, 6.45) is 3.27. The fourth-order valence-electron chi connectivity index (χ4n) is 3.46. The molecule has 3 rings (SSSR count). The lowest BCUT2D eigenvalue weighted by Crippen LogP contribution is -2.35. The summed E-state index contributed by atoms with van der Waals surface area (Å²) in [7, 11) is 0. The zero-order chi connectivity index (χ0) is 25.0. The standard InChI is InChI=1S/C28H31N3O3S/c1-3-4-10-19-34-23-17-15-22(16-18-23)26(32)31-28(35)30-25-14-9-8-13-24(25)27(33)29-20(2)21-11-6-5-7-12-21/h5-9,11-18,20H,3-4,10,19H2,1-2H3,(H,29,33)(H2,30,31,32,35). The van der Waals surface area contributed by atoms with Crippen LogP contribution < -0.4 is 20.7 Å². The molecule has 0 radical (unpaired) electrons. The minimum atomic E-state index is -0.348. The molecule has 0 aliphatic rings. The molecule has 3 N–H and O–H groups in total.